The summed E-state index contributed by atoms with van der Waals surface area (Å²) in [6.07, 6.45) is 5.23. The van der Waals surface area contributed by atoms with Crippen molar-refractivity contribution >= 4 is 11.6 Å². The Hall–Kier alpha value is -2.66. The zero-order valence-electron chi connectivity index (χ0n) is 14.7. The van der Waals surface area contributed by atoms with Crippen LogP contribution in [0.3, 0.4) is 0 Å². The molecular formula is C22H16ClF3NO. The molecule has 2 aromatic rings. The highest BCUT2D eigenvalue weighted by Crippen LogP contribution is 2.36. The van der Waals surface area contributed by atoms with Crippen LogP contribution in [-0.4, -0.2) is 10.9 Å². The van der Waals surface area contributed by atoms with Crippen molar-refractivity contribution in [1.82, 2.24) is 4.90 Å². The van der Waals surface area contributed by atoms with Crippen molar-refractivity contribution in [2.24, 2.45) is 0 Å². The number of alkyl halides is 3. The van der Waals surface area contributed by atoms with Crippen LogP contribution in [0.15, 0.2) is 78.2 Å². The molecule has 0 saturated carbocycles. The van der Waals surface area contributed by atoms with Crippen molar-refractivity contribution in [3.63, 3.8) is 0 Å². The number of rotatable bonds is 4. The third kappa shape index (κ3) is 3.94. The summed E-state index contributed by atoms with van der Waals surface area (Å²) in [4.78, 5) is 2.21. The third-order valence-electron chi connectivity index (χ3n) is 4.69. The van der Waals surface area contributed by atoms with Gasteiger partial charge < -0.3 is 9.64 Å². The lowest BCUT2D eigenvalue weighted by Crippen LogP contribution is -2.28. The number of hydrogen-bond donors (Lipinski definition) is 0. The van der Waals surface area contributed by atoms with Crippen LogP contribution in [0.4, 0.5) is 13.2 Å². The molecular weight excluding hydrogens is 387 g/mol. The van der Waals surface area contributed by atoms with Gasteiger partial charge >= 0.3 is 6.18 Å². The van der Waals surface area contributed by atoms with E-state index in [1.165, 1.54) is 11.6 Å². The molecule has 6 heteroatoms. The smallest absolute Gasteiger partial charge is 0.416 e. The van der Waals surface area contributed by atoms with Crippen LogP contribution in [0, 0.1) is 6.08 Å². The van der Waals surface area contributed by atoms with Gasteiger partial charge in [-0.3, -0.25) is 0 Å². The number of fused-ring (bicyclic) bond motifs is 1. The molecule has 0 aromatic heterocycles. The van der Waals surface area contributed by atoms with Crippen LogP contribution in [0.5, 0.6) is 5.75 Å². The first-order valence-electron chi connectivity index (χ1n) is 8.76. The van der Waals surface area contributed by atoms with E-state index in [4.69, 9.17) is 16.3 Å². The summed E-state index contributed by atoms with van der Waals surface area (Å²) >= 11 is 5.98. The number of halogens is 4. The molecule has 0 fully saturated rings. The Bertz CT molecular complexity index is 963. The number of benzene rings is 2. The summed E-state index contributed by atoms with van der Waals surface area (Å²) in [6.45, 7) is 0.782. The highest BCUT2D eigenvalue weighted by Gasteiger charge is 2.31. The summed E-state index contributed by atoms with van der Waals surface area (Å²) in [6, 6.07) is 13.4. The monoisotopic (exact) mass is 402 g/mol. The number of allylic oxidation sites excluding steroid dienone is 1. The Balaban J connectivity index is 1.45. The van der Waals surface area contributed by atoms with Crippen molar-refractivity contribution in [2.75, 3.05) is 0 Å². The molecule has 143 valence electrons. The van der Waals surface area contributed by atoms with Crippen LogP contribution >= 0.6 is 11.6 Å². The van der Waals surface area contributed by atoms with Crippen LogP contribution < -0.4 is 4.74 Å². The van der Waals surface area contributed by atoms with Gasteiger partial charge in [-0.25, -0.2) is 0 Å². The van der Waals surface area contributed by atoms with Gasteiger partial charge in [0.15, 0.2) is 0 Å². The van der Waals surface area contributed by atoms with E-state index < -0.39 is 11.7 Å². The topological polar surface area (TPSA) is 12.5 Å². The quantitative estimate of drug-likeness (QED) is 0.608. The van der Waals surface area contributed by atoms with Crippen LogP contribution in [-0.2, 0) is 12.7 Å². The number of ether oxygens (including phenoxy) is 1. The molecule has 0 saturated heterocycles. The molecule has 2 aromatic carbocycles. The second-order valence-corrected chi connectivity index (χ2v) is 7.04. The Morgan fingerprint density at radius 1 is 1.14 bits per heavy atom. The summed E-state index contributed by atoms with van der Waals surface area (Å²) in [5, 5.41) is -0.0760. The van der Waals surface area contributed by atoms with Crippen LogP contribution in [0.2, 0.25) is 5.02 Å². The van der Waals surface area contributed by atoms with Gasteiger partial charge in [-0.15, -0.1) is 0 Å². The van der Waals surface area contributed by atoms with Crippen molar-refractivity contribution in [3.8, 4) is 5.75 Å². The molecule has 1 heterocycles. The molecule has 1 radical (unpaired) electrons. The molecule has 0 amide bonds. The zero-order chi connectivity index (χ0) is 19.7. The molecule has 0 spiro atoms. The van der Waals surface area contributed by atoms with Crippen LogP contribution in [0.25, 0.3) is 0 Å². The summed E-state index contributed by atoms with van der Waals surface area (Å²) < 4.78 is 44.0. The Labute approximate surface area is 166 Å². The second kappa shape index (κ2) is 7.40. The second-order valence-electron chi connectivity index (χ2n) is 6.63. The minimum absolute atomic E-state index is 0.0760. The Morgan fingerprint density at radius 2 is 1.93 bits per heavy atom. The van der Waals surface area contributed by atoms with Crippen molar-refractivity contribution < 1.29 is 17.9 Å². The van der Waals surface area contributed by atoms with E-state index in [9.17, 15) is 13.2 Å². The van der Waals surface area contributed by atoms with Crippen LogP contribution in [0.1, 0.15) is 17.5 Å². The van der Waals surface area contributed by atoms with E-state index in [0.717, 1.165) is 30.7 Å². The van der Waals surface area contributed by atoms with E-state index in [-0.39, 0.29) is 16.8 Å². The van der Waals surface area contributed by atoms with Gasteiger partial charge in [0.2, 0.25) is 0 Å². The normalized spacial score (nSPS) is 18.6. The van der Waals surface area contributed by atoms with Gasteiger partial charge in [0, 0.05) is 18.8 Å². The van der Waals surface area contributed by atoms with E-state index in [1.807, 2.05) is 36.6 Å². The molecule has 2 nitrogen and oxygen atoms in total. The maximum atomic E-state index is 12.8. The Morgan fingerprint density at radius 3 is 2.64 bits per heavy atom. The first kappa shape index (κ1) is 18.7. The third-order valence-corrected chi connectivity index (χ3v) is 4.99. The predicted octanol–water partition coefficient (Wildman–Crippen LogP) is 6.15. The minimum atomic E-state index is -4.44. The fourth-order valence-electron chi connectivity index (χ4n) is 3.27. The molecule has 1 unspecified atom stereocenters. The SMILES string of the molecule is FC(F)(F)c1ccc(OC2=CCC3C(=C2)[C]=CN3Cc2ccccc2)c(Cl)c1. The maximum Gasteiger partial charge on any atom is 0.416 e. The fraction of sp³-hybridized carbons (Fsp3) is 0.182. The Kier molecular flexibility index (Phi) is 4.94. The lowest BCUT2D eigenvalue weighted by molar-refractivity contribution is -0.137. The van der Waals surface area contributed by atoms with E-state index in [1.54, 1.807) is 0 Å². The molecule has 28 heavy (non-hydrogen) atoms. The molecule has 1 aliphatic heterocycles. The molecule has 4 rings (SSSR count). The average molecular weight is 403 g/mol. The summed E-state index contributed by atoms with van der Waals surface area (Å²) in [5.41, 5.74) is 1.39. The van der Waals surface area contributed by atoms with Gasteiger partial charge in [-0.2, -0.15) is 13.2 Å². The average Bonchev–Trinajstić information content (AvgIpc) is 3.05. The van der Waals surface area contributed by atoms with E-state index in [2.05, 4.69) is 23.1 Å². The molecule has 0 N–H and O–H groups in total. The largest absolute Gasteiger partial charge is 0.456 e. The van der Waals surface area contributed by atoms with Gasteiger partial charge in [0.25, 0.3) is 0 Å². The fourth-order valence-corrected chi connectivity index (χ4v) is 3.49. The van der Waals surface area contributed by atoms with Gasteiger partial charge in [0.1, 0.15) is 11.5 Å². The maximum absolute atomic E-state index is 12.8. The standard InChI is InChI=1S/C22H16ClF3NO/c23-19-13-17(22(24,25)26)6-9-21(19)28-18-7-8-20-16(12-18)10-11-27(20)14-15-4-2-1-3-5-15/h1-7,9,11-13,20H,8,14H2. The van der Waals surface area contributed by atoms with Gasteiger partial charge in [0.05, 0.1) is 16.6 Å². The highest BCUT2D eigenvalue weighted by atomic mass is 35.5. The van der Waals surface area contributed by atoms with Crippen molar-refractivity contribution in [3.05, 3.63) is 100 Å². The van der Waals surface area contributed by atoms with E-state index >= 15 is 0 Å². The minimum Gasteiger partial charge on any atom is -0.456 e. The first-order chi connectivity index (χ1) is 13.4. The molecule has 0 bridgehead atoms. The lowest BCUT2D eigenvalue weighted by Gasteiger charge is -2.28. The summed E-state index contributed by atoms with van der Waals surface area (Å²) in [7, 11) is 0. The first-order valence-corrected chi connectivity index (χ1v) is 9.14. The zero-order valence-corrected chi connectivity index (χ0v) is 15.5. The highest BCUT2D eigenvalue weighted by molar-refractivity contribution is 6.32. The molecule has 1 aliphatic carbocycles. The van der Waals surface area contributed by atoms with Gasteiger partial charge in [-0.1, -0.05) is 41.9 Å². The number of hydrogen-bond acceptors (Lipinski definition) is 2. The number of nitrogens with zero attached hydrogens (tertiary/aromatic N) is 1. The molecule has 1 atom stereocenters. The predicted molar refractivity (Wildman–Crippen MR) is 101 cm³/mol. The molecule has 2 aliphatic rings. The lowest BCUT2D eigenvalue weighted by atomic mass is 9.99. The van der Waals surface area contributed by atoms with Crippen molar-refractivity contribution in [2.45, 2.75) is 25.2 Å². The van der Waals surface area contributed by atoms with Crippen molar-refractivity contribution in [1.29, 1.82) is 0 Å². The summed E-state index contributed by atoms with van der Waals surface area (Å²) in [5.74, 6) is 0.745. The van der Waals surface area contributed by atoms with E-state index in [0.29, 0.717) is 5.76 Å². The van der Waals surface area contributed by atoms with Gasteiger partial charge in [-0.05, 0) is 47.9 Å².